The molecule has 0 spiro atoms. The van der Waals surface area contributed by atoms with Crippen LogP contribution in [0.25, 0.3) is 0 Å². The Balaban J connectivity index is 2.59. The molecule has 1 heterocycles. The summed E-state index contributed by atoms with van der Waals surface area (Å²) in [5, 5.41) is 9.14. The van der Waals surface area contributed by atoms with Gasteiger partial charge in [0.05, 0.1) is 0 Å². The van der Waals surface area contributed by atoms with E-state index in [-0.39, 0.29) is 6.03 Å². The minimum absolute atomic E-state index is 0.177. The number of rotatable bonds is 4. The van der Waals surface area contributed by atoms with Gasteiger partial charge in [-0.15, -0.1) is 0 Å². The maximum Gasteiger partial charge on any atom is 0.326 e. The maximum absolute atomic E-state index is 12.2. The Morgan fingerprint density at radius 3 is 2.44 bits per heavy atom. The van der Waals surface area contributed by atoms with E-state index in [4.69, 9.17) is 5.11 Å². The van der Waals surface area contributed by atoms with Crippen LogP contribution in [-0.4, -0.2) is 78.6 Å². The number of carbonyl (C=O) groups excluding carboxylic acids is 1. The quantitative estimate of drug-likeness (QED) is 0.798. The highest BCUT2D eigenvalue weighted by atomic mass is 16.4. The average Bonchev–Trinajstić information content (AvgIpc) is 2.34. The summed E-state index contributed by atoms with van der Waals surface area (Å²) in [4.78, 5) is 28.4. The van der Waals surface area contributed by atoms with Crippen LogP contribution in [0.3, 0.4) is 0 Å². The van der Waals surface area contributed by atoms with Gasteiger partial charge in [-0.3, -0.25) is 0 Å². The zero-order valence-corrected chi connectivity index (χ0v) is 11.4. The van der Waals surface area contributed by atoms with Crippen molar-refractivity contribution < 1.29 is 14.7 Å². The lowest BCUT2D eigenvalue weighted by atomic mass is 10.0. The fraction of sp³-hybridized carbons (Fsp3) is 0.833. The molecule has 2 amide bonds. The lowest BCUT2D eigenvalue weighted by Crippen LogP contribution is -2.53. The van der Waals surface area contributed by atoms with Crippen LogP contribution in [0, 0.1) is 0 Å². The second kappa shape index (κ2) is 6.58. The summed E-state index contributed by atoms with van der Waals surface area (Å²) in [7, 11) is 5.61. The van der Waals surface area contributed by atoms with E-state index < -0.39 is 12.0 Å². The number of carbonyl (C=O) groups is 2. The van der Waals surface area contributed by atoms with E-state index in [0.29, 0.717) is 19.5 Å². The molecule has 1 aliphatic heterocycles. The zero-order chi connectivity index (χ0) is 13.7. The predicted octanol–water partition coefficient (Wildman–Crippen LogP) is 0.539. The molecule has 0 saturated carbocycles. The minimum Gasteiger partial charge on any atom is -0.480 e. The number of carboxylic acid groups (broad SMARTS) is 1. The SMILES string of the molecule is CN(C)CCN(C)C(=O)N1CCCCC1C(=O)O. The molecule has 0 aliphatic carbocycles. The monoisotopic (exact) mass is 257 g/mol. The lowest BCUT2D eigenvalue weighted by molar-refractivity contribution is -0.143. The topological polar surface area (TPSA) is 64.1 Å². The summed E-state index contributed by atoms with van der Waals surface area (Å²) in [6, 6.07) is -0.836. The van der Waals surface area contributed by atoms with Gasteiger partial charge in [0.2, 0.25) is 0 Å². The van der Waals surface area contributed by atoms with Crippen molar-refractivity contribution in [2.45, 2.75) is 25.3 Å². The van der Waals surface area contributed by atoms with Gasteiger partial charge in [-0.1, -0.05) is 0 Å². The number of likely N-dealkylation sites (tertiary alicyclic amines) is 1. The van der Waals surface area contributed by atoms with Gasteiger partial charge in [0.1, 0.15) is 6.04 Å². The van der Waals surface area contributed by atoms with Crippen molar-refractivity contribution in [2.75, 3.05) is 40.8 Å². The summed E-state index contributed by atoms with van der Waals surface area (Å²) >= 11 is 0. The third kappa shape index (κ3) is 3.87. The molecule has 0 radical (unpaired) electrons. The van der Waals surface area contributed by atoms with Gasteiger partial charge in [-0.2, -0.15) is 0 Å². The third-order valence-electron chi connectivity index (χ3n) is 3.24. The van der Waals surface area contributed by atoms with Crippen molar-refractivity contribution >= 4 is 12.0 Å². The summed E-state index contributed by atoms with van der Waals surface area (Å²) in [5.41, 5.74) is 0. The number of hydrogen-bond donors (Lipinski definition) is 1. The third-order valence-corrected chi connectivity index (χ3v) is 3.24. The van der Waals surface area contributed by atoms with E-state index in [1.807, 2.05) is 19.0 Å². The fourth-order valence-corrected chi connectivity index (χ4v) is 2.08. The molecule has 0 aromatic heterocycles. The Morgan fingerprint density at radius 2 is 1.89 bits per heavy atom. The molecular formula is C12H23N3O3. The molecule has 1 fully saturated rings. The lowest BCUT2D eigenvalue weighted by Gasteiger charge is -2.36. The van der Waals surface area contributed by atoms with Gasteiger partial charge in [-0.25, -0.2) is 9.59 Å². The maximum atomic E-state index is 12.2. The number of likely N-dealkylation sites (N-methyl/N-ethyl adjacent to an activating group) is 2. The van der Waals surface area contributed by atoms with Gasteiger partial charge in [0, 0.05) is 26.7 Å². The zero-order valence-electron chi connectivity index (χ0n) is 11.4. The van der Waals surface area contributed by atoms with Gasteiger partial charge < -0.3 is 19.8 Å². The fourth-order valence-electron chi connectivity index (χ4n) is 2.08. The normalized spacial score (nSPS) is 20.0. The second-order valence-electron chi connectivity index (χ2n) is 5.05. The molecule has 1 N–H and O–H groups in total. The number of carboxylic acids is 1. The van der Waals surface area contributed by atoms with Crippen molar-refractivity contribution in [2.24, 2.45) is 0 Å². The number of aliphatic carboxylic acids is 1. The Kier molecular flexibility index (Phi) is 5.40. The van der Waals surface area contributed by atoms with Crippen LogP contribution in [0.1, 0.15) is 19.3 Å². The first-order valence-corrected chi connectivity index (χ1v) is 6.32. The highest BCUT2D eigenvalue weighted by Gasteiger charge is 2.33. The van der Waals surface area contributed by atoms with E-state index in [2.05, 4.69) is 0 Å². The van der Waals surface area contributed by atoms with E-state index in [0.717, 1.165) is 19.4 Å². The van der Waals surface area contributed by atoms with Crippen LogP contribution in [0.4, 0.5) is 4.79 Å². The van der Waals surface area contributed by atoms with E-state index in [9.17, 15) is 9.59 Å². The molecule has 1 unspecified atom stereocenters. The largest absolute Gasteiger partial charge is 0.480 e. The van der Waals surface area contributed by atoms with Gasteiger partial charge >= 0.3 is 12.0 Å². The highest BCUT2D eigenvalue weighted by Crippen LogP contribution is 2.18. The van der Waals surface area contributed by atoms with Crippen LogP contribution < -0.4 is 0 Å². The number of piperidine rings is 1. The number of amides is 2. The van der Waals surface area contributed by atoms with Crippen LogP contribution in [-0.2, 0) is 4.79 Å². The van der Waals surface area contributed by atoms with Crippen LogP contribution in [0.5, 0.6) is 0 Å². The molecule has 104 valence electrons. The van der Waals surface area contributed by atoms with E-state index >= 15 is 0 Å². The molecule has 1 aliphatic rings. The average molecular weight is 257 g/mol. The molecule has 1 saturated heterocycles. The summed E-state index contributed by atoms with van der Waals surface area (Å²) < 4.78 is 0. The summed E-state index contributed by atoms with van der Waals surface area (Å²) in [5.74, 6) is -0.899. The Morgan fingerprint density at radius 1 is 1.22 bits per heavy atom. The Bertz CT molecular complexity index is 307. The van der Waals surface area contributed by atoms with Gasteiger partial charge in [0.15, 0.2) is 0 Å². The van der Waals surface area contributed by atoms with Gasteiger partial charge in [0.25, 0.3) is 0 Å². The molecule has 6 heteroatoms. The van der Waals surface area contributed by atoms with Gasteiger partial charge in [-0.05, 0) is 33.4 Å². The minimum atomic E-state index is -0.899. The molecule has 0 bridgehead atoms. The first-order valence-electron chi connectivity index (χ1n) is 6.32. The summed E-state index contributed by atoms with van der Waals surface area (Å²) in [6.45, 7) is 1.92. The number of urea groups is 1. The first-order chi connectivity index (χ1) is 8.43. The van der Waals surface area contributed by atoms with E-state index in [1.165, 1.54) is 4.90 Å². The summed E-state index contributed by atoms with van der Waals surface area (Å²) in [6.07, 6.45) is 2.32. The first kappa shape index (κ1) is 14.8. The van der Waals surface area contributed by atoms with E-state index in [1.54, 1.807) is 11.9 Å². The number of hydrogen-bond acceptors (Lipinski definition) is 3. The van der Waals surface area contributed by atoms with Crippen molar-refractivity contribution in [3.63, 3.8) is 0 Å². The molecular weight excluding hydrogens is 234 g/mol. The smallest absolute Gasteiger partial charge is 0.326 e. The van der Waals surface area contributed by atoms with Crippen molar-refractivity contribution in [3.05, 3.63) is 0 Å². The molecule has 0 aromatic carbocycles. The van der Waals surface area contributed by atoms with Crippen molar-refractivity contribution in [1.82, 2.24) is 14.7 Å². The standard InChI is InChI=1S/C12H23N3O3/c1-13(2)8-9-14(3)12(18)15-7-5-4-6-10(15)11(16)17/h10H,4-9H2,1-3H3,(H,16,17). The highest BCUT2D eigenvalue weighted by molar-refractivity contribution is 5.82. The van der Waals surface area contributed by atoms with Crippen molar-refractivity contribution in [3.8, 4) is 0 Å². The number of nitrogens with zero attached hydrogens (tertiary/aromatic N) is 3. The van der Waals surface area contributed by atoms with Crippen LogP contribution >= 0.6 is 0 Å². The van der Waals surface area contributed by atoms with Crippen LogP contribution in [0.15, 0.2) is 0 Å². The van der Waals surface area contributed by atoms with Crippen LogP contribution in [0.2, 0.25) is 0 Å². The molecule has 0 aromatic rings. The predicted molar refractivity (Wildman–Crippen MR) is 68.6 cm³/mol. The molecule has 1 rings (SSSR count). The molecule has 1 atom stereocenters. The van der Waals surface area contributed by atoms with Crippen molar-refractivity contribution in [1.29, 1.82) is 0 Å². The Hall–Kier alpha value is -1.30. The molecule has 18 heavy (non-hydrogen) atoms. The second-order valence-corrected chi connectivity index (χ2v) is 5.05. The Labute approximate surface area is 108 Å². The molecule has 6 nitrogen and oxygen atoms in total.